The maximum atomic E-state index is 12.0. The van der Waals surface area contributed by atoms with Gasteiger partial charge < -0.3 is 23.7 Å². The monoisotopic (exact) mass is 338 g/mol. The average molecular weight is 338 g/mol. The van der Waals surface area contributed by atoms with E-state index in [0.29, 0.717) is 19.6 Å². The molecule has 134 valence electrons. The molecule has 1 unspecified atom stereocenters. The molecule has 1 saturated heterocycles. The van der Waals surface area contributed by atoms with Crippen molar-refractivity contribution in [2.75, 3.05) is 27.9 Å². The van der Waals surface area contributed by atoms with Gasteiger partial charge in [0, 0.05) is 26.7 Å². The van der Waals surface area contributed by atoms with E-state index in [1.807, 2.05) is 31.2 Å². The SMILES string of the molecule is COc1ccc(COCC[C@H]2C(C)OC(=O)[C@@H]2C(OC)OC)cc1. The lowest BCUT2D eigenvalue weighted by molar-refractivity contribution is -0.168. The molecule has 1 heterocycles. The molecule has 0 amide bonds. The molecule has 24 heavy (non-hydrogen) atoms. The van der Waals surface area contributed by atoms with Gasteiger partial charge in [-0.3, -0.25) is 4.79 Å². The first-order chi connectivity index (χ1) is 11.6. The van der Waals surface area contributed by atoms with E-state index in [9.17, 15) is 4.79 Å². The van der Waals surface area contributed by atoms with Crippen LogP contribution in [-0.4, -0.2) is 46.3 Å². The lowest BCUT2D eigenvalue weighted by Crippen LogP contribution is -2.34. The minimum atomic E-state index is -0.589. The van der Waals surface area contributed by atoms with E-state index in [1.165, 1.54) is 14.2 Å². The third kappa shape index (κ3) is 4.47. The second-order valence-electron chi connectivity index (χ2n) is 5.86. The normalized spacial score (nSPS) is 23.5. The summed E-state index contributed by atoms with van der Waals surface area (Å²) >= 11 is 0. The van der Waals surface area contributed by atoms with Gasteiger partial charge in [-0.1, -0.05) is 12.1 Å². The molecule has 1 aromatic rings. The zero-order chi connectivity index (χ0) is 17.5. The summed E-state index contributed by atoms with van der Waals surface area (Å²) < 4.78 is 26.7. The van der Waals surface area contributed by atoms with Crippen LogP contribution in [-0.2, 0) is 30.3 Å². The first kappa shape index (κ1) is 18.7. The molecule has 2 rings (SSSR count). The van der Waals surface area contributed by atoms with Gasteiger partial charge in [-0.2, -0.15) is 0 Å². The predicted molar refractivity (Wildman–Crippen MR) is 87.6 cm³/mol. The first-order valence-electron chi connectivity index (χ1n) is 8.07. The van der Waals surface area contributed by atoms with Gasteiger partial charge in [0.15, 0.2) is 6.29 Å². The van der Waals surface area contributed by atoms with Crippen LogP contribution >= 0.6 is 0 Å². The molecule has 0 aromatic heterocycles. The quantitative estimate of drug-likeness (QED) is 0.391. The smallest absolute Gasteiger partial charge is 0.314 e. The van der Waals surface area contributed by atoms with Gasteiger partial charge in [-0.25, -0.2) is 0 Å². The second-order valence-corrected chi connectivity index (χ2v) is 5.86. The van der Waals surface area contributed by atoms with Gasteiger partial charge in [-0.15, -0.1) is 0 Å². The first-order valence-corrected chi connectivity index (χ1v) is 8.07. The van der Waals surface area contributed by atoms with Crippen molar-refractivity contribution in [2.45, 2.75) is 32.3 Å². The minimum Gasteiger partial charge on any atom is -0.497 e. The Balaban J connectivity index is 1.83. The van der Waals surface area contributed by atoms with Crippen molar-refractivity contribution < 1.29 is 28.5 Å². The molecule has 6 nitrogen and oxygen atoms in total. The summed E-state index contributed by atoms with van der Waals surface area (Å²) in [6, 6.07) is 7.75. The van der Waals surface area contributed by atoms with Crippen molar-refractivity contribution >= 4 is 5.97 Å². The third-order valence-electron chi connectivity index (χ3n) is 4.42. The van der Waals surface area contributed by atoms with Crippen LogP contribution < -0.4 is 4.74 Å². The lowest BCUT2D eigenvalue weighted by atomic mass is 9.88. The van der Waals surface area contributed by atoms with Gasteiger partial charge in [-0.05, 0) is 31.0 Å². The molecule has 0 aliphatic carbocycles. The van der Waals surface area contributed by atoms with Crippen LogP contribution in [0.3, 0.4) is 0 Å². The molecule has 1 aromatic carbocycles. The molecule has 0 spiro atoms. The summed E-state index contributed by atoms with van der Waals surface area (Å²) in [7, 11) is 4.70. The molecular formula is C18H26O6. The Morgan fingerprint density at radius 1 is 1.12 bits per heavy atom. The molecule has 1 aliphatic rings. The largest absolute Gasteiger partial charge is 0.497 e. The van der Waals surface area contributed by atoms with E-state index in [1.54, 1.807) is 7.11 Å². The van der Waals surface area contributed by atoms with E-state index in [4.69, 9.17) is 23.7 Å². The number of esters is 1. The van der Waals surface area contributed by atoms with E-state index in [2.05, 4.69) is 0 Å². The van der Waals surface area contributed by atoms with Crippen molar-refractivity contribution in [3.05, 3.63) is 29.8 Å². The summed E-state index contributed by atoms with van der Waals surface area (Å²) in [6.07, 6.45) is -0.0503. The molecule has 6 heteroatoms. The Labute approximate surface area is 143 Å². The van der Waals surface area contributed by atoms with Gasteiger partial charge in [0.1, 0.15) is 17.8 Å². The van der Waals surface area contributed by atoms with Crippen molar-refractivity contribution in [3.63, 3.8) is 0 Å². The molecular weight excluding hydrogens is 312 g/mol. The number of rotatable bonds is 9. The van der Waals surface area contributed by atoms with Crippen molar-refractivity contribution in [1.82, 2.24) is 0 Å². The van der Waals surface area contributed by atoms with Crippen LogP contribution in [0.25, 0.3) is 0 Å². The van der Waals surface area contributed by atoms with Gasteiger partial charge >= 0.3 is 5.97 Å². The summed E-state index contributed by atoms with van der Waals surface area (Å²) in [4.78, 5) is 12.0. The highest BCUT2D eigenvalue weighted by molar-refractivity contribution is 5.75. The van der Waals surface area contributed by atoms with Crippen molar-refractivity contribution in [1.29, 1.82) is 0 Å². The summed E-state index contributed by atoms with van der Waals surface area (Å²) in [5, 5.41) is 0. The molecule has 0 bridgehead atoms. The predicted octanol–water partition coefficient (Wildman–Crippen LogP) is 2.40. The third-order valence-corrected chi connectivity index (χ3v) is 4.42. The van der Waals surface area contributed by atoms with Crippen molar-refractivity contribution in [2.24, 2.45) is 11.8 Å². The lowest BCUT2D eigenvalue weighted by Gasteiger charge is -2.24. The van der Waals surface area contributed by atoms with Crippen LogP contribution in [0.15, 0.2) is 24.3 Å². The molecule has 1 aliphatic heterocycles. The van der Waals surface area contributed by atoms with Crippen LogP contribution in [0, 0.1) is 11.8 Å². The Hall–Kier alpha value is -1.63. The fourth-order valence-corrected chi connectivity index (χ4v) is 3.06. The molecule has 0 saturated carbocycles. The summed E-state index contributed by atoms with van der Waals surface area (Å²) in [5.41, 5.74) is 1.07. The van der Waals surface area contributed by atoms with Gasteiger partial charge in [0.05, 0.1) is 13.7 Å². The number of methoxy groups -OCH3 is 3. The highest BCUT2D eigenvalue weighted by Gasteiger charge is 2.47. The summed E-state index contributed by atoms with van der Waals surface area (Å²) in [5.74, 6) is 0.149. The topological polar surface area (TPSA) is 63.2 Å². The number of cyclic esters (lactones) is 1. The second kappa shape index (κ2) is 9.01. The number of carbonyl (C=O) groups is 1. The van der Waals surface area contributed by atoms with Crippen LogP contribution in [0.2, 0.25) is 0 Å². The summed E-state index contributed by atoms with van der Waals surface area (Å²) in [6.45, 7) is 2.95. The van der Waals surface area contributed by atoms with Crippen LogP contribution in [0.4, 0.5) is 0 Å². The van der Waals surface area contributed by atoms with E-state index >= 15 is 0 Å². The van der Waals surface area contributed by atoms with E-state index in [-0.39, 0.29) is 18.0 Å². The highest BCUT2D eigenvalue weighted by atomic mass is 16.7. The zero-order valence-corrected chi connectivity index (χ0v) is 14.7. The number of carbonyl (C=O) groups excluding carboxylic acids is 1. The van der Waals surface area contributed by atoms with E-state index < -0.39 is 12.2 Å². The van der Waals surface area contributed by atoms with Crippen molar-refractivity contribution in [3.8, 4) is 5.75 Å². The number of ether oxygens (including phenoxy) is 5. The van der Waals surface area contributed by atoms with Crippen LogP contribution in [0.5, 0.6) is 5.75 Å². The Kier molecular flexibility index (Phi) is 7.02. The highest BCUT2D eigenvalue weighted by Crippen LogP contribution is 2.34. The fraction of sp³-hybridized carbons (Fsp3) is 0.611. The number of hydrogen-bond acceptors (Lipinski definition) is 6. The minimum absolute atomic E-state index is 0.0123. The fourth-order valence-electron chi connectivity index (χ4n) is 3.06. The Morgan fingerprint density at radius 3 is 2.38 bits per heavy atom. The number of benzene rings is 1. The number of hydrogen-bond donors (Lipinski definition) is 0. The average Bonchev–Trinajstić information content (AvgIpc) is 2.87. The van der Waals surface area contributed by atoms with Gasteiger partial charge in [0.2, 0.25) is 0 Å². The Morgan fingerprint density at radius 2 is 1.79 bits per heavy atom. The molecule has 1 fully saturated rings. The zero-order valence-electron chi connectivity index (χ0n) is 14.7. The molecule has 3 atom stereocenters. The maximum Gasteiger partial charge on any atom is 0.314 e. The van der Waals surface area contributed by atoms with E-state index in [0.717, 1.165) is 11.3 Å². The standard InChI is InChI=1S/C18H26O6/c1-12-15(16(17(19)24-12)18(21-3)22-4)9-10-23-11-13-5-7-14(20-2)8-6-13/h5-8,12,15-16,18H,9-11H2,1-4H3/t12?,15-,16+/m0/s1. The van der Waals surface area contributed by atoms with Gasteiger partial charge in [0.25, 0.3) is 0 Å². The Bertz CT molecular complexity index is 511. The maximum absolute atomic E-state index is 12.0. The molecule has 0 N–H and O–H groups in total. The van der Waals surface area contributed by atoms with Crippen LogP contribution in [0.1, 0.15) is 18.9 Å². The molecule has 0 radical (unpaired) electrons.